The van der Waals surface area contributed by atoms with E-state index >= 15 is 0 Å². The van der Waals surface area contributed by atoms with Gasteiger partial charge in [0.15, 0.2) is 0 Å². The number of benzene rings is 2. The summed E-state index contributed by atoms with van der Waals surface area (Å²) in [4.78, 5) is 87.3. The second-order valence-electron chi connectivity index (χ2n) is 14.0. The Hall–Kier alpha value is -5.57. The van der Waals surface area contributed by atoms with Crippen molar-refractivity contribution >= 4 is 35.4 Å². The summed E-state index contributed by atoms with van der Waals surface area (Å²) in [5.41, 5.74) is 1.84. The van der Waals surface area contributed by atoms with Crippen molar-refractivity contribution in [2.45, 2.75) is 89.2 Å². The molecule has 2 aliphatic heterocycles. The topological polar surface area (TPSA) is 204 Å². The van der Waals surface area contributed by atoms with Crippen molar-refractivity contribution < 1.29 is 33.9 Å². The fourth-order valence-corrected chi connectivity index (χ4v) is 6.58. The van der Waals surface area contributed by atoms with E-state index in [1.807, 2.05) is 44.2 Å². The second-order valence-corrected chi connectivity index (χ2v) is 14.0. The summed E-state index contributed by atoms with van der Waals surface area (Å²) >= 11 is 0. The summed E-state index contributed by atoms with van der Waals surface area (Å²) in [6, 6.07) is 10.5. The van der Waals surface area contributed by atoms with Gasteiger partial charge in [-0.25, -0.2) is 4.98 Å². The molecule has 3 heterocycles. The number of fused-ring (bicyclic) bond motifs is 1. The Kier molecular flexibility index (Phi) is 13.0. The molecular weight excluding hydrogens is 680 g/mol. The van der Waals surface area contributed by atoms with Crippen LogP contribution in [0.3, 0.4) is 0 Å². The van der Waals surface area contributed by atoms with E-state index < -0.39 is 71.8 Å². The van der Waals surface area contributed by atoms with E-state index in [-0.39, 0.29) is 51.1 Å². The van der Waals surface area contributed by atoms with Crippen molar-refractivity contribution in [3.63, 3.8) is 0 Å². The van der Waals surface area contributed by atoms with Crippen LogP contribution in [0.4, 0.5) is 0 Å². The molecule has 0 bridgehead atoms. The Labute approximate surface area is 308 Å². The van der Waals surface area contributed by atoms with Gasteiger partial charge in [-0.1, -0.05) is 44.2 Å². The number of imidazole rings is 1. The molecule has 15 heteroatoms. The Morgan fingerprint density at radius 3 is 2.30 bits per heavy atom. The van der Waals surface area contributed by atoms with Gasteiger partial charge in [0.25, 0.3) is 5.91 Å². The Morgan fingerprint density at radius 1 is 0.925 bits per heavy atom. The summed E-state index contributed by atoms with van der Waals surface area (Å²) < 4.78 is 1.78. The van der Waals surface area contributed by atoms with Gasteiger partial charge < -0.3 is 41.2 Å². The van der Waals surface area contributed by atoms with Crippen LogP contribution in [-0.2, 0) is 30.4 Å². The third kappa shape index (κ3) is 10.3. The van der Waals surface area contributed by atoms with Gasteiger partial charge in [0.2, 0.25) is 29.5 Å². The molecule has 0 radical (unpaired) electrons. The first-order valence-corrected chi connectivity index (χ1v) is 18.0. The molecular formula is C38H48N8O7. The number of aromatic nitrogens is 2. The van der Waals surface area contributed by atoms with Crippen molar-refractivity contribution in [3.8, 4) is 5.69 Å². The van der Waals surface area contributed by atoms with Crippen LogP contribution in [0.25, 0.3) is 5.69 Å². The quantitative estimate of drug-likeness (QED) is 0.203. The Morgan fingerprint density at radius 2 is 1.62 bits per heavy atom. The molecule has 5 rings (SSSR count). The van der Waals surface area contributed by atoms with Crippen LogP contribution in [-0.4, -0.2) is 104 Å². The molecule has 2 saturated heterocycles. The zero-order valence-electron chi connectivity index (χ0n) is 30.2. The molecule has 2 aliphatic rings. The number of hydrogen-bond acceptors (Lipinski definition) is 8. The lowest BCUT2D eigenvalue weighted by Gasteiger charge is -2.29. The number of nitrogens with one attached hydrogen (secondary N) is 5. The number of aliphatic hydroxyl groups excluding tert-OH is 1. The zero-order chi connectivity index (χ0) is 38.1. The van der Waals surface area contributed by atoms with Crippen LogP contribution in [0.1, 0.15) is 62.4 Å². The maximum Gasteiger partial charge on any atom is 0.251 e. The van der Waals surface area contributed by atoms with E-state index in [1.54, 1.807) is 47.6 Å². The van der Waals surface area contributed by atoms with Crippen molar-refractivity contribution in [2.24, 2.45) is 5.92 Å². The highest BCUT2D eigenvalue weighted by Crippen LogP contribution is 2.20. The van der Waals surface area contributed by atoms with Crippen LogP contribution in [0.5, 0.6) is 0 Å². The molecule has 6 N–H and O–H groups in total. The van der Waals surface area contributed by atoms with Crippen LogP contribution in [0, 0.1) is 5.92 Å². The van der Waals surface area contributed by atoms with Gasteiger partial charge in [0, 0.05) is 49.6 Å². The van der Waals surface area contributed by atoms with Gasteiger partial charge in [-0.2, -0.15) is 0 Å². The highest BCUT2D eigenvalue weighted by Gasteiger charge is 2.41. The van der Waals surface area contributed by atoms with Gasteiger partial charge in [-0.05, 0) is 61.9 Å². The summed E-state index contributed by atoms with van der Waals surface area (Å²) in [5, 5.41) is 24.3. The number of carbonyl (C=O) groups excluding carboxylic acids is 6. The van der Waals surface area contributed by atoms with Crippen molar-refractivity contribution in [2.75, 3.05) is 13.1 Å². The lowest BCUT2D eigenvalue weighted by Crippen LogP contribution is -2.59. The van der Waals surface area contributed by atoms with Crippen molar-refractivity contribution in [1.29, 1.82) is 0 Å². The van der Waals surface area contributed by atoms with Gasteiger partial charge in [0.05, 0.1) is 12.4 Å². The fraction of sp³-hybridized carbons (Fsp3) is 0.447. The van der Waals surface area contributed by atoms with Crippen LogP contribution in [0.15, 0.2) is 73.3 Å². The summed E-state index contributed by atoms with van der Waals surface area (Å²) in [7, 11) is 0. The summed E-state index contributed by atoms with van der Waals surface area (Å²) in [6.07, 6.45) is 4.80. The van der Waals surface area contributed by atoms with Crippen LogP contribution >= 0.6 is 0 Å². The van der Waals surface area contributed by atoms with Gasteiger partial charge in [-0.3, -0.25) is 28.8 Å². The van der Waals surface area contributed by atoms with Crippen LogP contribution in [0.2, 0.25) is 0 Å². The number of amides is 6. The van der Waals surface area contributed by atoms with E-state index in [0.717, 1.165) is 11.3 Å². The lowest BCUT2D eigenvalue weighted by molar-refractivity contribution is -0.141. The van der Waals surface area contributed by atoms with Crippen LogP contribution < -0.4 is 26.6 Å². The minimum Gasteiger partial charge on any atom is -0.391 e. The highest BCUT2D eigenvalue weighted by atomic mass is 16.3. The van der Waals surface area contributed by atoms with E-state index in [9.17, 15) is 33.9 Å². The van der Waals surface area contributed by atoms with Crippen molar-refractivity contribution in [1.82, 2.24) is 41.0 Å². The number of rotatable bonds is 7. The summed E-state index contributed by atoms with van der Waals surface area (Å²) in [5.74, 6) is -3.42. The first-order chi connectivity index (χ1) is 25.4. The molecule has 53 heavy (non-hydrogen) atoms. The Bertz CT molecular complexity index is 1750. The van der Waals surface area contributed by atoms with Gasteiger partial charge in [-0.15, -0.1) is 0 Å². The molecule has 2 fully saturated rings. The average Bonchev–Trinajstić information content (AvgIpc) is 3.82. The van der Waals surface area contributed by atoms with E-state index in [4.69, 9.17) is 0 Å². The number of hydrogen-bond donors (Lipinski definition) is 6. The average molecular weight is 729 g/mol. The predicted molar refractivity (Wildman–Crippen MR) is 194 cm³/mol. The molecule has 0 aliphatic carbocycles. The molecule has 15 nitrogen and oxygen atoms in total. The molecule has 6 atom stereocenters. The normalized spacial score (nSPS) is 25.0. The number of carbonyl (C=O) groups is 6. The standard InChI is InChI=1S/C38H48N8O7/c1-23(2)18-30-35(50)41-24(3)38(53)46-21-28(47)20-32(46)37(52)40-15-7-10-29(34(49)44-31(36(51)43-30)19-25-8-5-4-6-9-25)42-33(48)26-11-13-27(14-12-26)45-17-16-39-22-45/h4-6,8-9,11-14,16-17,22-24,28-32,47H,7,10,15,18-21H2,1-3H3,(H,40,52)(H,41,50)(H,42,48)(H,43,51)(H,44,49)/t24-,28+,29-,30-,31+,32-/m0/s1. The molecule has 1 aromatic heterocycles. The highest BCUT2D eigenvalue weighted by molar-refractivity contribution is 5.99. The lowest BCUT2D eigenvalue weighted by atomic mass is 10.00. The maximum absolute atomic E-state index is 14.0. The maximum atomic E-state index is 14.0. The zero-order valence-corrected chi connectivity index (χ0v) is 30.2. The predicted octanol–water partition coefficient (Wildman–Crippen LogP) is 0.606. The summed E-state index contributed by atoms with van der Waals surface area (Å²) in [6.45, 7) is 5.28. The fourth-order valence-electron chi connectivity index (χ4n) is 6.58. The minimum atomic E-state index is -1.13. The molecule has 3 aromatic rings. The largest absolute Gasteiger partial charge is 0.391 e. The first kappa shape index (κ1) is 38.7. The first-order valence-electron chi connectivity index (χ1n) is 18.0. The molecule has 0 unspecified atom stereocenters. The minimum absolute atomic E-state index is 0.0216. The third-order valence-electron chi connectivity index (χ3n) is 9.37. The van der Waals surface area contributed by atoms with Crippen molar-refractivity contribution in [3.05, 3.63) is 84.4 Å². The van der Waals surface area contributed by atoms with Gasteiger partial charge in [0.1, 0.15) is 30.2 Å². The molecule has 0 saturated carbocycles. The number of nitrogens with zero attached hydrogens (tertiary/aromatic N) is 3. The molecule has 2 aromatic carbocycles. The third-order valence-corrected chi connectivity index (χ3v) is 9.37. The second kappa shape index (κ2) is 17.8. The molecule has 0 spiro atoms. The Balaban J connectivity index is 1.43. The van der Waals surface area contributed by atoms with E-state index in [1.165, 1.54) is 11.8 Å². The van der Waals surface area contributed by atoms with E-state index in [0.29, 0.717) is 5.56 Å². The molecule has 6 amide bonds. The smallest absolute Gasteiger partial charge is 0.251 e. The van der Waals surface area contributed by atoms with Gasteiger partial charge >= 0.3 is 0 Å². The number of aliphatic hydroxyl groups is 1. The molecule has 282 valence electrons. The monoisotopic (exact) mass is 728 g/mol. The SMILES string of the molecule is CC(C)C[C@@H]1NC(=O)[C@@H](Cc2ccccc2)NC(=O)[C@@H](NC(=O)c2ccc(-n3ccnc3)cc2)CCCNC(=O)[C@@H]2C[C@@H](O)CN2C(=O)[C@H](C)NC1=O. The van der Waals surface area contributed by atoms with E-state index in [2.05, 4.69) is 31.6 Å².